The number of anilines is 1. The Bertz CT molecular complexity index is 588. The third-order valence-electron chi connectivity index (χ3n) is 5.04. The van der Waals surface area contributed by atoms with Gasteiger partial charge in [-0.3, -0.25) is 4.79 Å². The van der Waals surface area contributed by atoms with Gasteiger partial charge in [0, 0.05) is 12.8 Å². The lowest BCUT2D eigenvalue weighted by Gasteiger charge is -2.37. The Labute approximate surface area is 152 Å². The first-order chi connectivity index (χ1) is 11.8. The van der Waals surface area contributed by atoms with Crippen LogP contribution in [-0.2, 0) is 9.53 Å². The number of carbonyl (C=O) groups excluding carboxylic acids is 1. The van der Waals surface area contributed by atoms with Crippen LogP contribution in [0.15, 0.2) is 12.1 Å². The molecule has 4 heteroatoms. The molecule has 0 spiro atoms. The molecule has 1 aliphatic rings. The van der Waals surface area contributed by atoms with Crippen molar-refractivity contribution in [2.24, 2.45) is 11.8 Å². The van der Waals surface area contributed by atoms with Gasteiger partial charge in [0.15, 0.2) is 0 Å². The molecule has 1 fully saturated rings. The molecule has 0 aliphatic heterocycles. The molecule has 0 saturated heterocycles. The lowest BCUT2D eigenvalue weighted by molar-refractivity contribution is -0.143. The second-order valence-corrected chi connectivity index (χ2v) is 8.00. The van der Waals surface area contributed by atoms with E-state index < -0.39 is 5.60 Å². The van der Waals surface area contributed by atoms with E-state index in [-0.39, 0.29) is 5.91 Å². The third-order valence-corrected chi connectivity index (χ3v) is 5.04. The van der Waals surface area contributed by atoms with Crippen molar-refractivity contribution in [2.75, 3.05) is 19.0 Å². The van der Waals surface area contributed by atoms with Gasteiger partial charge >= 0.3 is 0 Å². The molecule has 0 bridgehead atoms. The Kier molecular flexibility index (Phi) is 6.50. The van der Waals surface area contributed by atoms with Crippen LogP contribution in [0.5, 0.6) is 5.75 Å². The van der Waals surface area contributed by atoms with Gasteiger partial charge in [-0.05, 0) is 68.2 Å². The van der Waals surface area contributed by atoms with Crippen molar-refractivity contribution in [3.05, 3.63) is 23.3 Å². The molecule has 2 atom stereocenters. The van der Waals surface area contributed by atoms with E-state index in [0.717, 1.165) is 41.8 Å². The summed E-state index contributed by atoms with van der Waals surface area (Å²) in [4.78, 5) is 12.9. The van der Waals surface area contributed by atoms with Crippen molar-refractivity contribution in [3.63, 3.8) is 0 Å². The topological polar surface area (TPSA) is 47.6 Å². The van der Waals surface area contributed by atoms with Gasteiger partial charge < -0.3 is 14.8 Å². The summed E-state index contributed by atoms with van der Waals surface area (Å²) in [7, 11) is 1.65. The average molecular weight is 347 g/mol. The first-order valence-electron chi connectivity index (χ1n) is 9.38. The summed E-state index contributed by atoms with van der Waals surface area (Å²) in [6.07, 6.45) is 3.76. The summed E-state index contributed by atoms with van der Waals surface area (Å²) in [5.74, 6) is 1.87. The number of carbonyl (C=O) groups is 1. The van der Waals surface area contributed by atoms with Gasteiger partial charge in [0.05, 0.1) is 6.61 Å². The molecule has 25 heavy (non-hydrogen) atoms. The zero-order valence-corrected chi connectivity index (χ0v) is 16.6. The summed E-state index contributed by atoms with van der Waals surface area (Å²) in [6, 6.07) is 3.96. The number of aryl methyl sites for hydroxylation is 2. The summed E-state index contributed by atoms with van der Waals surface area (Å²) >= 11 is 0. The van der Waals surface area contributed by atoms with Gasteiger partial charge in [0.25, 0.3) is 5.91 Å². The van der Waals surface area contributed by atoms with Crippen LogP contribution in [-0.4, -0.2) is 25.2 Å². The number of amides is 1. The molecule has 0 radical (unpaired) electrons. The Hall–Kier alpha value is -1.55. The zero-order chi connectivity index (χ0) is 18.6. The van der Waals surface area contributed by atoms with Crippen molar-refractivity contribution >= 4 is 11.6 Å². The molecule has 140 valence electrons. The molecule has 1 aromatic carbocycles. The lowest BCUT2D eigenvalue weighted by atomic mass is 9.78. The predicted molar refractivity (Wildman–Crippen MR) is 102 cm³/mol. The zero-order valence-electron chi connectivity index (χ0n) is 16.6. The average Bonchev–Trinajstić information content (AvgIpc) is 2.53. The van der Waals surface area contributed by atoms with E-state index in [1.807, 2.05) is 26.0 Å². The summed E-state index contributed by atoms with van der Waals surface area (Å²) in [5, 5.41) is 3.08. The monoisotopic (exact) mass is 347 g/mol. The second kappa shape index (κ2) is 8.22. The van der Waals surface area contributed by atoms with Crippen LogP contribution in [0.2, 0.25) is 0 Å². The van der Waals surface area contributed by atoms with Gasteiger partial charge in [-0.25, -0.2) is 0 Å². The highest BCUT2D eigenvalue weighted by molar-refractivity contribution is 5.97. The number of nitrogens with one attached hydrogen (secondary N) is 1. The van der Waals surface area contributed by atoms with Crippen molar-refractivity contribution in [1.29, 1.82) is 0 Å². The maximum atomic E-state index is 12.9. The molecule has 2 rings (SSSR count). The van der Waals surface area contributed by atoms with E-state index in [9.17, 15) is 4.79 Å². The highest BCUT2D eigenvalue weighted by Crippen LogP contribution is 2.36. The summed E-state index contributed by atoms with van der Waals surface area (Å²) in [6.45, 7) is 11.2. The van der Waals surface area contributed by atoms with E-state index in [1.165, 1.54) is 6.42 Å². The maximum Gasteiger partial charge on any atom is 0.256 e. The Morgan fingerprint density at radius 3 is 2.48 bits per heavy atom. The van der Waals surface area contributed by atoms with E-state index in [2.05, 4.69) is 26.1 Å². The third kappa shape index (κ3) is 4.75. The fourth-order valence-electron chi connectivity index (χ4n) is 3.73. The normalized spacial score (nSPS) is 23.6. The number of rotatable bonds is 6. The smallest absolute Gasteiger partial charge is 0.256 e. The first kappa shape index (κ1) is 19.8. The first-order valence-corrected chi connectivity index (χ1v) is 9.38. The van der Waals surface area contributed by atoms with E-state index in [0.29, 0.717) is 18.4 Å². The van der Waals surface area contributed by atoms with Crippen LogP contribution < -0.4 is 10.1 Å². The highest BCUT2D eigenvalue weighted by Gasteiger charge is 2.42. The van der Waals surface area contributed by atoms with Gasteiger partial charge in [-0.1, -0.05) is 27.2 Å². The van der Waals surface area contributed by atoms with Crippen molar-refractivity contribution in [3.8, 4) is 5.75 Å². The Morgan fingerprint density at radius 2 is 1.96 bits per heavy atom. The molecule has 0 heterocycles. The van der Waals surface area contributed by atoms with Crippen LogP contribution in [0.1, 0.15) is 57.6 Å². The lowest BCUT2D eigenvalue weighted by Crippen LogP contribution is -2.47. The molecule has 4 nitrogen and oxygen atoms in total. The number of benzene rings is 1. The van der Waals surface area contributed by atoms with Gasteiger partial charge in [0.1, 0.15) is 11.4 Å². The van der Waals surface area contributed by atoms with Crippen molar-refractivity contribution in [2.45, 2.75) is 65.9 Å². The molecule has 0 aromatic heterocycles. The quantitative estimate of drug-likeness (QED) is 0.798. The number of hydrogen-bond acceptors (Lipinski definition) is 3. The van der Waals surface area contributed by atoms with E-state index in [1.54, 1.807) is 7.11 Å². The second-order valence-electron chi connectivity index (χ2n) is 8.00. The summed E-state index contributed by atoms with van der Waals surface area (Å²) in [5.41, 5.74) is 2.19. The standard InChI is InChI=1S/C21H33NO3/c1-14(2)13-25-19-16(4)10-18(11-17(19)5)22-20(23)21(24-6)9-7-8-15(3)12-21/h10-11,14-15H,7-9,12-13H2,1-6H3,(H,22,23)/t15-,21+/m1/s1. The van der Waals surface area contributed by atoms with Gasteiger partial charge in [-0.2, -0.15) is 0 Å². The van der Waals surface area contributed by atoms with Crippen molar-refractivity contribution < 1.29 is 14.3 Å². The van der Waals surface area contributed by atoms with Crippen LogP contribution in [0, 0.1) is 25.7 Å². The van der Waals surface area contributed by atoms with Gasteiger partial charge in [-0.15, -0.1) is 0 Å². The number of hydrogen-bond donors (Lipinski definition) is 1. The van der Waals surface area contributed by atoms with E-state index in [4.69, 9.17) is 9.47 Å². The molecule has 1 N–H and O–H groups in total. The molecular formula is C21H33NO3. The minimum absolute atomic E-state index is 0.0313. The largest absolute Gasteiger partial charge is 0.493 e. The number of methoxy groups -OCH3 is 1. The SMILES string of the molecule is CO[C@@]1(C(=O)Nc2cc(C)c(OCC(C)C)c(C)c2)CCC[C@@H](C)C1. The summed E-state index contributed by atoms with van der Waals surface area (Å²) < 4.78 is 11.6. The van der Waals surface area contributed by atoms with Gasteiger partial charge in [0.2, 0.25) is 0 Å². The minimum Gasteiger partial charge on any atom is -0.493 e. The van der Waals surface area contributed by atoms with Crippen LogP contribution >= 0.6 is 0 Å². The molecular weight excluding hydrogens is 314 g/mol. The molecule has 1 aromatic rings. The fourth-order valence-corrected chi connectivity index (χ4v) is 3.73. The molecule has 1 amide bonds. The highest BCUT2D eigenvalue weighted by atomic mass is 16.5. The van der Waals surface area contributed by atoms with Crippen LogP contribution in [0.3, 0.4) is 0 Å². The minimum atomic E-state index is -0.702. The van der Waals surface area contributed by atoms with E-state index >= 15 is 0 Å². The Morgan fingerprint density at radius 1 is 1.32 bits per heavy atom. The molecule has 1 aliphatic carbocycles. The number of ether oxygens (including phenoxy) is 2. The Balaban J connectivity index is 2.15. The van der Waals surface area contributed by atoms with Crippen molar-refractivity contribution in [1.82, 2.24) is 0 Å². The fraction of sp³-hybridized carbons (Fsp3) is 0.667. The molecule has 1 saturated carbocycles. The predicted octanol–water partition coefficient (Wildman–Crippen LogP) is 4.87. The molecule has 0 unspecified atom stereocenters. The maximum absolute atomic E-state index is 12.9. The van der Waals surface area contributed by atoms with Crippen LogP contribution in [0.25, 0.3) is 0 Å². The van der Waals surface area contributed by atoms with Crippen LogP contribution in [0.4, 0.5) is 5.69 Å².